The van der Waals surface area contributed by atoms with Crippen molar-refractivity contribution in [3.05, 3.63) is 79.1 Å². The predicted molar refractivity (Wildman–Crippen MR) is 105 cm³/mol. The molecule has 2 N–H and O–H groups in total. The third-order valence-corrected chi connectivity index (χ3v) is 4.76. The maximum Gasteiger partial charge on any atom is 0.235 e. The first-order valence-corrected chi connectivity index (χ1v) is 9.07. The summed E-state index contributed by atoms with van der Waals surface area (Å²) in [6.45, 7) is 1.10. The minimum atomic E-state index is -0.409. The van der Waals surface area contributed by atoms with Crippen LogP contribution in [0.4, 0.5) is 4.39 Å². The van der Waals surface area contributed by atoms with Gasteiger partial charge in [0.1, 0.15) is 5.82 Å². The van der Waals surface area contributed by atoms with E-state index in [9.17, 15) is 14.6 Å². The highest BCUT2D eigenvalue weighted by Gasteiger charge is 2.25. The molecule has 0 atom stereocenters. The monoisotopic (exact) mass is 377 g/mol. The van der Waals surface area contributed by atoms with Gasteiger partial charge in [0.2, 0.25) is 5.88 Å². The van der Waals surface area contributed by atoms with Gasteiger partial charge in [0.05, 0.1) is 17.6 Å². The van der Waals surface area contributed by atoms with Crippen LogP contribution in [0.15, 0.2) is 73.3 Å². The summed E-state index contributed by atoms with van der Waals surface area (Å²) in [5.74, 6) is -0.914. The Hall–Kier alpha value is -3.54. The van der Waals surface area contributed by atoms with Gasteiger partial charge in [-0.2, -0.15) is 0 Å². The van der Waals surface area contributed by atoms with E-state index in [0.29, 0.717) is 41.9 Å². The van der Waals surface area contributed by atoms with E-state index in [1.54, 1.807) is 35.3 Å². The number of imidazole rings is 1. The van der Waals surface area contributed by atoms with Crippen molar-refractivity contribution in [2.75, 3.05) is 0 Å². The second-order valence-corrected chi connectivity index (χ2v) is 6.55. The number of hydrogen-bond donors (Lipinski definition) is 2. The van der Waals surface area contributed by atoms with Crippen molar-refractivity contribution in [2.24, 2.45) is 0 Å². The van der Waals surface area contributed by atoms with Gasteiger partial charge in [-0.15, -0.1) is 0 Å². The molecule has 28 heavy (non-hydrogen) atoms. The molecule has 142 valence electrons. The number of halogens is 1. The van der Waals surface area contributed by atoms with Crippen molar-refractivity contribution >= 4 is 0 Å². The molecule has 0 saturated heterocycles. The topological polar surface area (TPSA) is 63.2 Å². The highest BCUT2D eigenvalue weighted by molar-refractivity contribution is 5.88. The molecule has 2 aromatic heterocycles. The van der Waals surface area contributed by atoms with Gasteiger partial charge in [-0.25, -0.2) is 9.37 Å². The second-order valence-electron chi connectivity index (χ2n) is 6.55. The van der Waals surface area contributed by atoms with Gasteiger partial charge in [-0.3, -0.25) is 0 Å². The van der Waals surface area contributed by atoms with E-state index in [-0.39, 0.29) is 11.6 Å². The highest BCUT2D eigenvalue weighted by atomic mass is 19.1. The molecule has 4 aromatic rings. The SMILES string of the molecule is Oc1c(-c2ccccc2)c(-c2ccccc2F)n(CCCn2ccnc2)c1O. The summed E-state index contributed by atoms with van der Waals surface area (Å²) >= 11 is 0. The summed E-state index contributed by atoms with van der Waals surface area (Å²) in [5, 5.41) is 21.3. The molecule has 0 amide bonds. The Balaban J connectivity index is 1.82. The largest absolute Gasteiger partial charge is 0.503 e. The van der Waals surface area contributed by atoms with Crippen LogP contribution in [0.1, 0.15) is 6.42 Å². The number of aromatic hydroxyl groups is 2. The number of aromatic nitrogens is 3. The van der Waals surface area contributed by atoms with E-state index in [4.69, 9.17) is 0 Å². The van der Waals surface area contributed by atoms with Crippen LogP contribution in [0.25, 0.3) is 22.4 Å². The van der Waals surface area contributed by atoms with Crippen LogP contribution in [-0.2, 0) is 13.1 Å². The summed E-state index contributed by atoms with van der Waals surface area (Å²) in [4.78, 5) is 4.02. The summed E-state index contributed by atoms with van der Waals surface area (Å²) in [7, 11) is 0. The number of benzene rings is 2. The van der Waals surface area contributed by atoms with Crippen LogP contribution in [0.5, 0.6) is 11.6 Å². The van der Waals surface area contributed by atoms with E-state index < -0.39 is 5.82 Å². The summed E-state index contributed by atoms with van der Waals surface area (Å²) in [5.41, 5.74) is 1.93. The quantitative estimate of drug-likeness (QED) is 0.514. The van der Waals surface area contributed by atoms with Crippen molar-refractivity contribution in [3.8, 4) is 34.0 Å². The molecule has 0 aliphatic heterocycles. The van der Waals surface area contributed by atoms with Crippen LogP contribution in [-0.4, -0.2) is 24.3 Å². The van der Waals surface area contributed by atoms with Gasteiger partial charge < -0.3 is 19.3 Å². The lowest BCUT2D eigenvalue weighted by Gasteiger charge is -2.13. The molecule has 0 radical (unpaired) electrons. The summed E-state index contributed by atoms with van der Waals surface area (Å²) in [6, 6.07) is 15.6. The molecular weight excluding hydrogens is 357 g/mol. The third-order valence-electron chi connectivity index (χ3n) is 4.76. The predicted octanol–water partition coefficient (Wildman–Crippen LogP) is 4.66. The first-order chi connectivity index (χ1) is 13.7. The summed E-state index contributed by atoms with van der Waals surface area (Å²) in [6.07, 6.45) is 5.96. The zero-order chi connectivity index (χ0) is 19.5. The number of hydrogen-bond acceptors (Lipinski definition) is 3. The van der Waals surface area contributed by atoms with E-state index in [0.717, 1.165) is 0 Å². The minimum absolute atomic E-state index is 0.243. The molecule has 0 unspecified atom stereocenters. The van der Waals surface area contributed by atoms with Crippen LogP contribution in [0.2, 0.25) is 0 Å². The van der Waals surface area contributed by atoms with Gasteiger partial charge in [0.15, 0.2) is 5.75 Å². The molecule has 0 saturated carbocycles. The Morgan fingerprint density at radius 2 is 1.68 bits per heavy atom. The van der Waals surface area contributed by atoms with Crippen molar-refractivity contribution in [2.45, 2.75) is 19.5 Å². The number of nitrogens with zero attached hydrogens (tertiary/aromatic N) is 3. The Bertz CT molecular complexity index is 1070. The van der Waals surface area contributed by atoms with Gasteiger partial charge in [-0.05, 0) is 24.1 Å². The Morgan fingerprint density at radius 3 is 2.39 bits per heavy atom. The maximum atomic E-state index is 14.6. The average Bonchev–Trinajstić information content (AvgIpc) is 3.31. The van der Waals surface area contributed by atoms with Crippen molar-refractivity contribution in [1.82, 2.24) is 14.1 Å². The number of rotatable bonds is 6. The van der Waals surface area contributed by atoms with Gasteiger partial charge in [0.25, 0.3) is 0 Å². The molecule has 0 aliphatic rings. The molecule has 0 fully saturated rings. The third kappa shape index (κ3) is 3.24. The molecule has 6 heteroatoms. The van der Waals surface area contributed by atoms with E-state index >= 15 is 0 Å². The minimum Gasteiger partial charge on any atom is -0.503 e. The van der Waals surface area contributed by atoms with Gasteiger partial charge >= 0.3 is 0 Å². The zero-order valence-electron chi connectivity index (χ0n) is 15.2. The average molecular weight is 377 g/mol. The lowest BCUT2D eigenvalue weighted by Crippen LogP contribution is -2.05. The van der Waals surface area contributed by atoms with Crippen molar-refractivity contribution < 1.29 is 14.6 Å². The molecule has 0 aliphatic carbocycles. The van der Waals surface area contributed by atoms with Gasteiger partial charge in [-0.1, -0.05) is 42.5 Å². The van der Waals surface area contributed by atoms with Crippen LogP contribution in [0.3, 0.4) is 0 Å². The molecular formula is C22H20FN3O2. The lowest BCUT2D eigenvalue weighted by molar-refractivity contribution is 0.368. The van der Waals surface area contributed by atoms with E-state index in [2.05, 4.69) is 4.98 Å². The van der Waals surface area contributed by atoms with Crippen molar-refractivity contribution in [3.63, 3.8) is 0 Å². The molecule has 2 aromatic carbocycles. The summed E-state index contributed by atoms with van der Waals surface area (Å²) < 4.78 is 18.2. The lowest BCUT2D eigenvalue weighted by atomic mass is 10.0. The second kappa shape index (κ2) is 7.60. The van der Waals surface area contributed by atoms with Gasteiger partial charge in [0, 0.05) is 31.0 Å². The Morgan fingerprint density at radius 1 is 0.929 bits per heavy atom. The molecule has 0 bridgehead atoms. The van der Waals surface area contributed by atoms with E-state index in [1.807, 2.05) is 41.1 Å². The van der Waals surface area contributed by atoms with Crippen LogP contribution in [0, 0.1) is 5.82 Å². The molecule has 4 rings (SSSR count). The first kappa shape index (κ1) is 17.9. The standard InChI is InChI=1S/C22H20FN3O2/c23-18-10-5-4-9-17(18)20-19(16-7-2-1-3-8-16)21(27)22(28)26(20)13-6-12-25-14-11-24-15-25/h1-5,7-11,14-15,27-28H,6,12-13H2. The first-order valence-electron chi connectivity index (χ1n) is 9.07. The van der Waals surface area contributed by atoms with Crippen LogP contribution >= 0.6 is 0 Å². The fourth-order valence-electron chi connectivity index (χ4n) is 3.45. The normalized spacial score (nSPS) is 11.0. The molecule has 2 heterocycles. The zero-order valence-corrected chi connectivity index (χ0v) is 15.2. The smallest absolute Gasteiger partial charge is 0.235 e. The van der Waals surface area contributed by atoms with Crippen molar-refractivity contribution in [1.29, 1.82) is 0 Å². The Kier molecular flexibility index (Phi) is 4.85. The fraction of sp³-hybridized carbons (Fsp3) is 0.136. The van der Waals surface area contributed by atoms with Crippen LogP contribution < -0.4 is 0 Å². The molecule has 5 nitrogen and oxygen atoms in total. The maximum absolute atomic E-state index is 14.6. The number of aryl methyl sites for hydroxylation is 1. The fourth-order valence-corrected chi connectivity index (χ4v) is 3.45. The van der Waals surface area contributed by atoms with E-state index in [1.165, 1.54) is 6.07 Å². The molecule has 0 spiro atoms. The Labute approximate surface area is 162 Å². The highest BCUT2D eigenvalue weighted by Crippen LogP contribution is 2.47.